The number of para-hydroxylation sites is 2. The fourth-order valence-corrected chi connectivity index (χ4v) is 3.71. The van der Waals surface area contributed by atoms with Gasteiger partial charge in [-0.3, -0.25) is 19.6 Å². The van der Waals surface area contributed by atoms with E-state index in [4.69, 9.17) is 5.73 Å². The largest absolute Gasteiger partial charge is 0.397 e. The van der Waals surface area contributed by atoms with Gasteiger partial charge in [-0.2, -0.15) is 0 Å². The van der Waals surface area contributed by atoms with E-state index >= 15 is 0 Å². The molecule has 5 N–H and O–H groups in total. The van der Waals surface area contributed by atoms with Crippen LogP contribution in [-0.2, 0) is 0 Å². The number of nitrogen functional groups attached to an aromatic ring is 1. The van der Waals surface area contributed by atoms with Gasteiger partial charge in [0.15, 0.2) is 0 Å². The number of rotatable bonds is 7. The molecule has 5 rings (SSSR count). The fraction of sp³-hybridized carbons (Fsp3) is 0.0345. The van der Waals surface area contributed by atoms with Gasteiger partial charge in [-0.05, 0) is 67.1 Å². The number of pyridine rings is 2. The van der Waals surface area contributed by atoms with E-state index in [2.05, 4.69) is 35.9 Å². The van der Waals surface area contributed by atoms with E-state index in [9.17, 15) is 9.59 Å². The maximum atomic E-state index is 12.9. The topological polar surface area (TPSA) is 148 Å². The van der Waals surface area contributed by atoms with Crippen molar-refractivity contribution in [3.8, 4) is 11.3 Å². The van der Waals surface area contributed by atoms with E-state index in [1.54, 1.807) is 55.0 Å². The van der Waals surface area contributed by atoms with E-state index in [0.717, 1.165) is 22.5 Å². The maximum absolute atomic E-state index is 12.9. The number of carbonyl (C=O) groups excluding carboxylic acids is 2. The molecule has 0 bridgehead atoms. The standard InChI is InChI=1S/C29H24N8O2/c1-18-8-10-21(15-26(18)37-29-32-14-12-23(36-29)19-5-4-13-31-16-19)34-27(38)20-9-11-25(33-17-20)28(39)35-24-7-3-2-6-22(24)30/h2-17H,30H2,1H3,(H,34,38)(H,35,39)(H,32,36,37). The summed E-state index contributed by atoms with van der Waals surface area (Å²) in [6.45, 7) is 1.94. The van der Waals surface area contributed by atoms with Crippen LogP contribution >= 0.6 is 0 Å². The summed E-state index contributed by atoms with van der Waals surface area (Å²) in [5, 5.41) is 8.79. The number of aromatic nitrogens is 4. The maximum Gasteiger partial charge on any atom is 0.274 e. The molecule has 192 valence electrons. The van der Waals surface area contributed by atoms with E-state index in [1.165, 1.54) is 18.3 Å². The lowest BCUT2D eigenvalue weighted by atomic mass is 10.1. The molecule has 2 aromatic carbocycles. The highest BCUT2D eigenvalue weighted by Gasteiger charge is 2.13. The van der Waals surface area contributed by atoms with Crippen molar-refractivity contribution in [2.45, 2.75) is 6.92 Å². The molecule has 2 amide bonds. The number of nitrogens with one attached hydrogen (secondary N) is 3. The first-order valence-corrected chi connectivity index (χ1v) is 12.0. The van der Waals surface area contributed by atoms with Crippen molar-refractivity contribution >= 4 is 40.5 Å². The van der Waals surface area contributed by atoms with Gasteiger partial charge in [0.1, 0.15) is 5.69 Å². The number of amides is 2. The van der Waals surface area contributed by atoms with Crippen LogP contribution in [0.5, 0.6) is 0 Å². The Morgan fingerprint density at radius 3 is 2.44 bits per heavy atom. The van der Waals surface area contributed by atoms with Crippen molar-refractivity contribution in [1.29, 1.82) is 0 Å². The van der Waals surface area contributed by atoms with Gasteiger partial charge in [-0.15, -0.1) is 0 Å². The molecule has 10 nitrogen and oxygen atoms in total. The molecule has 0 fully saturated rings. The van der Waals surface area contributed by atoms with Gasteiger partial charge in [0, 0.05) is 41.7 Å². The average molecular weight is 517 g/mol. The first-order chi connectivity index (χ1) is 19.0. The zero-order chi connectivity index (χ0) is 27.2. The van der Waals surface area contributed by atoms with Gasteiger partial charge >= 0.3 is 0 Å². The normalized spacial score (nSPS) is 10.5. The predicted octanol–water partition coefficient (Wildman–Crippen LogP) is 5.07. The SMILES string of the molecule is Cc1ccc(NC(=O)c2ccc(C(=O)Nc3ccccc3N)nc2)cc1Nc1nccc(-c2cccnc2)n1. The summed E-state index contributed by atoms with van der Waals surface area (Å²) in [5.41, 5.74) is 11.1. The van der Waals surface area contributed by atoms with E-state index < -0.39 is 5.91 Å². The first kappa shape index (κ1) is 25.0. The highest BCUT2D eigenvalue weighted by atomic mass is 16.2. The Balaban J connectivity index is 1.26. The number of carbonyl (C=O) groups is 2. The lowest BCUT2D eigenvalue weighted by Crippen LogP contribution is -2.16. The van der Waals surface area contributed by atoms with E-state index in [0.29, 0.717) is 28.6 Å². The van der Waals surface area contributed by atoms with Gasteiger partial charge < -0.3 is 21.7 Å². The quantitative estimate of drug-likeness (QED) is 0.219. The van der Waals surface area contributed by atoms with E-state index in [-0.39, 0.29) is 11.6 Å². The van der Waals surface area contributed by atoms with Crippen molar-refractivity contribution in [3.05, 3.63) is 114 Å². The molecule has 0 aliphatic carbocycles. The highest BCUT2D eigenvalue weighted by molar-refractivity contribution is 6.06. The Morgan fingerprint density at radius 1 is 0.795 bits per heavy atom. The molecule has 5 aromatic rings. The summed E-state index contributed by atoms with van der Waals surface area (Å²) in [6.07, 6.45) is 6.46. The number of hydrogen-bond acceptors (Lipinski definition) is 8. The van der Waals surface area contributed by atoms with Crippen LogP contribution in [0.3, 0.4) is 0 Å². The van der Waals surface area contributed by atoms with Crippen molar-refractivity contribution in [2.75, 3.05) is 21.7 Å². The summed E-state index contributed by atoms with van der Waals surface area (Å²) in [6, 6.07) is 21.0. The zero-order valence-corrected chi connectivity index (χ0v) is 20.9. The molecule has 0 saturated carbocycles. The smallest absolute Gasteiger partial charge is 0.274 e. The van der Waals surface area contributed by atoms with Gasteiger partial charge in [0.2, 0.25) is 5.95 Å². The van der Waals surface area contributed by atoms with Crippen LogP contribution in [-0.4, -0.2) is 31.8 Å². The first-order valence-electron chi connectivity index (χ1n) is 12.0. The lowest BCUT2D eigenvalue weighted by Gasteiger charge is -2.12. The molecule has 0 spiro atoms. The Kier molecular flexibility index (Phi) is 7.17. The Morgan fingerprint density at radius 2 is 1.67 bits per heavy atom. The van der Waals surface area contributed by atoms with Crippen LogP contribution in [0.15, 0.2) is 97.6 Å². The summed E-state index contributed by atoms with van der Waals surface area (Å²) >= 11 is 0. The minimum atomic E-state index is -0.427. The number of hydrogen-bond donors (Lipinski definition) is 4. The second-order valence-electron chi connectivity index (χ2n) is 8.59. The summed E-state index contributed by atoms with van der Waals surface area (Å²) in [4.78, 5) is 42.5. The lowest BCUT2D eigenvalue weighted by molar-refractivity contribution is 0.101. The van der Waals surface area contributed by atoms with Crippen LogP contribution in [0, 0.1) is 6.92 Å². The Labute approximate surface area is 224 Å². The van der Waals surface area contributed by atoms with Crippen LogP contribution in [0.4, 0.5) is 28.7 Å². The third-order valence-electron chi connectivity index (χ3n) is 5.82. The number of nitrogens with zero attached hydrogens (tertiary/aromatic N) is 4. The minimum Gasteiger partial charge on any atom is -0.397 e. The molecule has 39 heavy (non-hydrogen) atoms. The number of aryl methyl sites for hydroxylation is 1. The predicted molar refractivity (Wildman–Crippen MR) is 151 cm³/mol. The second kappa shape index (κ2) is 11.2. The summed E-state index contributed by atoms with van der Waals surface area (Å²) in [7, 11) is 0. The van der Waals surface area contributed by atoms with Crippen LogP contribution in [0.1, 0.15) is 26.4 Å². The average Bonchev–Trinajstić information content (AvgIpc) is 2.97. The molecule has 0 atom stereocenters. The number of benzene rings is 2. The Bertz CT molecular complexity index is 1640. The van der Waals surface area contributed by atoms with Crippen molar-refractivity contribution in [2.24, 2.45) is 0 Å². The van der Waals surface area contributed by atoms with Crippen LogP contribution in [0.25, 0.3) is 11.3 Å². The Hall–Kier alpha value is -5.64. The fourth-order valence-electron chi connectivity index (χ4n) is 3.71. The molecule has 0 aliphatic rings. The minimum absolute atomic E-state index is 0.158. The zero-order valence-electron chi connectivity index (χ0n) is 20.9. The molecule has 0 saturated heterocycles. The molecule has 3 aromatic heterocycles. The summed E-state index contributed by atoms with van der Waals surface area (Å²) in [5.74, 6) is -0.381. The molecular weight excluding hydrogens is 492 g/mol. The number of anilines is 5. The molecule has 0 unspecified atom stereocenters. The number of nitrogens with two attached hydrogens (primary N) is 1. The van der Waals surface area contributed by atoms with Gasteiger partial charge in [0.25, 0.3) is 11.8 Å². The molecular formula is C29H24N8O2. The van der Waals surface area contributed by atoms with E-state index in [1.807, 2.05) is 31.2 Å². The monoisotopic (exact) mass is 516 g/mol. The summed E-state index contributed by atoms with van der Waals surface area (Å²) < 4.78 is 0. The van der Waals surface area contributed by atoms with Crippen molar-refractivity contribution in [1.82, 2.24) is 19.9 Å². The van der Waals surface area contributed by atoms with Crippen molar-refractivity contribution < 1.29 is 9.59 Å². The molecule has 10 heteroatoms. The third kappa shape index (κ3) is 6.03. The molecule has 3 heterocycles. The van der Waals surface area contributed by atoms with Gasteiger partial charge in [0.05, 0.1) is 22.6 Å². The second-order valence-corrected chi connectivity index (χ2v) is 8.59. The van der Waals surface area contributed by atoms with Crippen LogP contribution in [0.2, 0.25) is 0 Å². The van der Waals surface area contributed by atoms with Gasteiger partial charge in [-0.1, -0.05) is 18.2 Å². The molecule has 0 radical (unpaired) electrons. The van der Waals surface area contributed by atoms with Gasteiger partial charge in [-0.25, -0.2) is 9.97 Å². The third-order valence-corrected chi connectivity index (χ3v) is 5.82. The van der Waals surface area contributed by atoms with Crippen molar-refractivity contribution in [3.63, 3.8) is 0 Å². The highest BCUT2D eigenvalue weighted by Crippen LogP contribution is 2.25. The molecule has 0 aliphatic heterocycles. The van der Waals surface area contributed by atoms with Crippen LogP contribution < -0.4 is 21.7 Å².